The molecule has 0 aromatic rings. The molecule has 2 aliphatic heterocycles. The van der Waals surface area contributed by atoms with Gasteiger partial charge in [-0.15, -0.1) is 0 Å². The third-order valence-corrected chi connectivity index (χ3v) is 3.53. The van der Waals surface area contributed by atoms with Gasteiger partial charge in [-0.1, -0.05) is 0 Å². The van der Waals surface area contributed by atoms with Crippen LogP contribution in [0.2, 0.25) is 0 Å². The topological polar surface area (TPSA) is 87.5 Å². The van der Waals surface area contributed by atoms with E-state index >= 15 is 0 Å². The zero-order chi connectivity index (χ0) is 12.3. The van der Waals surface area contributed by atoms with E-state index in [1.165, 1.54) is 0 Å². The number of amides is 3. The minimum absolute atomic E-state index is 0.165. The van der Waals surface area contributed by atoms with Crippen LogP contribution in [-0.2, 0) is 4.79 Å². The van der Waals surface area contributed by atoms with Gasteiger partial charge in [0.1, 0.15) is 0 Å². The van der Waals surface area contributed by atoms with Crippen molar-refractivity contribution in [3.63, 3.8) is 0 Å². The van der Waals surface area contributed by atoms with E-state index in [1.807, 2.05) is 4.90 Å². The van der Waals surface area contributed by atoms with Crippen LogP contribution < -0.4 is 16.4 Å². The first-order valence-electron chi connectivity index (χ1n) is 6.19. The second-order valence-corrected chi connectivity index (χ2v) is 4.89. The molecule has 0 radical (unpaired) electrons. The summed E-state index contributed by atoms with van der Waals surface area (Å²) in [7, 11) is 0. The smallest absolute Gasteiger partial charge is 0.312 e. The molecule has 6 nitrogen and oxygen atoms in total. The standard InChI is InChI=1S/C11H20N4O2/c12-11(17)14-4-8-2-1-3-15(7-8)10(16)9-5-13-6-9/h8-9,13H,1-7H2,(H3,12,14,17). The molecule has 0 saturated carbocycles. The molecule has 96 valence electrons. The summed E-state index contributed by atoms with van der Waals surface area (Å²) in [6.45, 7) is 3.78. The second-order valence-electron chi connectivity index (χ2n) is 4.89. The summed E-state index contributed by atoms with van der Waals surface area (Å²) < 4.78 is 0. The van der Waals surface area contributed by atoms with E-state index in [-0.39, 0.29) is 11.8 Å². The molecule has 1 unspecified atom stereocenters. The molecule has 0 aliphatic carbocycles. The van der Waals surface area contributed by atoms with Gasteiger partial charge in [0.05, 0.1) is 5.92 Å². The number of nitrogens with one attached hydrogen (secondary N) is 2. The zero-order valence-corrected chi connectivity index (χ0v) is 9.95. The van der Waals surface area contributed by atoms with Crippen LogP contribution in [-0.4, -0.2) is 49.6 Å². The van der Waals surface area contributed by atoms with E-state index < -0.39 is 6.03 Å². The average Bonchev–Trinajstić information content (AvgIpc) is 2.24. The van der Waals surface area contributed by atoms with Gasteiger partial charge in [-0.3, -0.25) is 4.79 Å². The van der Waals surface area contributed by atoms with E-state index in [4.69, 9.17) is 5.73 Å². The Morgan fingerprint density at radius 1 is 1.41 bits per heavy atom. The molecule has 0 bridgehead atoms. The van der Waals surface area contributed by atoms with Crippen LogP contribution in [0.1, 0.15) is 12.8 Å². The van der Waals surface area contributed by atoms with Crippen molar-refractivity contribution in [1.82, 2.24) is 15.5 Å². The number of hydrogen-bond donors (Lipinski definition) is 3. The predicted molar refractivity (Wildman–Crippen MR) is 63.2 cm³/mol. The Kier molecular flexibility index (Phi) is 3.83. The molecule has 2 rings (SSSR count). The van der Waals surface area contributed by atoms with Gasteiger partial charge in [-0.25, -0.2) is 4.79 Å². The van der Waals surface area contributed by atoms with Gasteiger partial charge >= 0.3 is 6.03 Å². The Morgan fingerprint density at radius 3 is 2.76 bits per heavy atom. The van der Waals surface area contributed by atoms with E-state index in [0.717, 1.165) is 39.0 Å². The number of hydrogen-bond acceptors (Lipinski definition) is 3. The molecule has 6 heteroatoms. The fourth-order valence-electron chi connectivity index (χ4n) is 2.40. The Hall–Kier alpha value is -1.30. The lowest BCUT2D eigenvalue weighted by Crippen LogP contribution is -2.54. The van der Waals surface area contributed by atoms with Crippen LogP contribution in [0.3, 0.4) is 0 Å². The lowest BCUT2D eigenvalue weighted by atomic mass is 9.95. The summed E-state index contributed by atoms with van der Waals surface area (Å²) in [6, 6.07) is -0.489. The highest BCUT2D eigenvalue weighted by Crippen LogP contribution is 2.19. The van der Waals surface area contributed by atoms with Crippen LogP contribution in [0.4, 0.5) is 4.79 Å². The molecular formula is C11H20N4O2. The van der Waals surface area contributed by atoms with Crippen molar-refractivity contribution < 1.29 is 9.59 Å². The molecule has 2 saturated heterocycles. The average molecular weight is 240 g/mol. The van der Waals surface area contributed by atoms with Gasteiger partial charge in [0, 0.05) is 32.7 Å². The first-order valence-corrected chi connectivity index (χ1v) is 6.19. The van der Waals surface area contributed by atoms with Crippen LogP contribution in [0.5, 0.6) is 0 Å². The van der Waals surface area contributed by atoms with Crippen molar-refractivity contribution in [3.05, 3.63) is 0 Å². The molecule has 1 atom stereocenters. The highest BCUT2D eigenvalue weighted by Gasteiger charge is 2.31. The van der Waals surface area contributed by atoms with Gasteiger partial charge < -0.3 is 21.3 Å². The Labute approximate surface area is 101 Å². The summed E-state index contributed by atoms with van der Waals surface area (Å²) >= 11 is 0. The maximum Gasteiger partial charge on any atom is 0.312 e. The largest absolute Gasteiger partial charge is 0.352 e. The van der Waals surface area contributed by atoms with Gasteiger partial charge in [0.15, 0.2) is 0 Å². The van der Waals surface area contributed by atoms with Crippen molar-refractivity contribution >= 4 is 11.9 Å². The summed E-state index contributed by atoms with van der Waals surface area (Å²) in [5.41, 5.74) is 5.04. The fraction of sp³-hybridized carbons (Fsp3) is 0.818. The number of likely N-dealkylation sites (tertiary alicyclic amines) is 1. The number of carbonyl (C=O) groups excluding carboxylic acids is 2. The molecule has 0 aromatic heterocycles. The highest BCUT2D eigenvalue weighted by atomic mass is 16.2. The number of nitrogens with two attached hydrogens (primary N) is 1. The van der Waals surface area contributed by atoms with Gasteiger partial charge in [-0.05, 0) is 18.8 Å². The molecule has 0 spiro atoms. The Bertz CT molecular complexity index is 304. The third-order valence-electron chi connectivity index (χ3n) is 3.53. The monoisotopic (exact) mass is 240 g/mol. The first kappa shape index (κ1) is 12.2. The lowest BCUT2D eigenvalue weighted by molar-refractivity contribution is -0.138. The number of primary amides is 1. The highest BCUT2D eigenvalue weighted by molar-refractivity contribution is 5.80. The molecule has 17 heavy (non-hydrogen) atoms. The Morgan fingerprint density at radius 2 is 2.18 bits per heavy atom. The van der Waals surface area contributed by atoms with Crippen molar-refractivity contribution in [1.29, 1.82) is 0 Å². The van der Waals surface area contributed by atoms with E-state index in [1.54, 1.807) is 0 Å². The minimum Gasteiger partial charge on any atom is -0.352 e. The second kappa shape index (κ2) is 5.35. The SMILES string of the molecule is NC(=O)NCC1CCCN(C(=O)C2CNC2)C1. The molecule has 2 fully saturated rings. The summed E-state index contributed by atoms with van der Waals surface area (Å²) in [5.74, 6) is 0.763. The molecule has 2 heterocycles. The molecule has 2 aliphatic rings. The quantitative estimate of drug-likeness (QED) is 0.598. The number of carbonyl (C=O) groups is 2. The van der Waals surface area contributed by atoms with Gasteiger partial charge in [-0.2, -0.15) is 0 Å². The van der Waals surface area contributed by atoms with Gasteiger partial charge in [0.2, 0.25) is 5.91 Å². The van der Waals surface area contributed by atoms with Crippen molar-refractivity contribution in [2.45, 2.75) is 12.8 Å². The normalized spacial score (nSPS) is 25.2. The molecule has 3 amide bonds. The van der Waals surface area contributed by atoms with E-state index in [9.17, 15) is 9.59 Å². The van der Waals surface area contributed by atoms with Crippen molar-refractivity contribution in [3.8, 4) is 0 Å². The van der Waals surface area contributed by atoms with Crippen molar-refractivity contribution in [2.75, 3.05) is 32.7 Å². The molecular weight excluding hydrogens is 220 g/mol. The predicted octanol–water partition coefficient (Wildman–Crippen LogP) is -0.887. The minimum atomic E-state index is -0.489. The maximum atomic E-state index is 12.0. The summed E-state index contributed by atoms with van der Waals surface area (Å²) in [6.07, 6.45) is 2.06. The number of urea groups is 1. The number of piperidine rings is 1. The number of nitrogens with zero attached hydrogens (tertiary/aromatic N) is 1. The Balaban J connectivity index is 1.79. The van der Waals surface area contributed by atoms with Crippen LogP contribution in [0, 0.1) is 11.8 Å². The fourth-order valence-corrected chi connectivity index (χ4v) is 2.40. The third kappa shape index (κ3) is 3.09. The number of rotatable bonds is 3. The summed E-state index contributed by atoms with van der Waals surface area (Å²) in [5, 5.41) is 5.73. The summed E-state index contributed by atoms with van der Waals surface area (Å²) in [4.78, 5) is 24.6. The lowest BCUT2D eigenvalue weighted by Gasteiger charge is -2.37. The van der Waals surface area contributed by atoms with Crippen LogP contribution in [0.25, 0.3) is 0 Å². The van der Waals surface area contributed by atoms with E-state index in [2.05, 4.69) is 10.6 Å². The zero-order valence-electron chi connectivity index (χ0n) is 9.95. The van der Waals surface area contributed by atoms with Gasteiger partial charge in [0.25, 0.3) is 0 Å². The first-order chi connectivity index (χ1) is 8.16. The maximum absolute atomic E-state index is 12.0. The van der Waals surface area contributed by atoms with Crippen molar-refractivity contribution in [2.24, 2.45) is 17.6 Å². The van der Waals surface area contributed by atoms with Crippen LogP contribution in [0.15, 0.2) is 0 Å². The van der Waals surface area contributed by atoms with E-state index in [0.29, 0.717) is 12.5 Å². The van der Waals surface area contributed by atoms with Crippen LogP contribution >= 0.6 is 0 Å². The molecule has 0 aromatic carbocycles. The molecule has 4 N–H and O–H groups in total.